The lowest BCUT2D eigenvalue weighted by molar-refractivity contribution is -0.141. The fraction of sp³-hybridized carbons (Fsp3) is 0.360. The third-order valence-corrected chi connectivity index (χ3v) is 4.30. The fourth-order valence-corrected chi connectivity index (χ4v) is 2.82. The quantitative estimate of drug-likeness (QED) is 0.462. The number of esters is 1. The maximum absolute atomic E-state index is 11.6. The highest BCUT2D eigenvalue weighted by molar-refractivity contribution is 5.82. The summed E-state index contributed by atoms with van der Waals surface area (Å²) in [5.41, 5.74) is 10.4. The van der Waals surface area contributed by atoms with Crippen molar-refractivity contribution in [2.24, 2.45) is 11.1 Å². The zero-order valence-electron chi connectivity index (χ0n) is 18.4. The molecular weight excluding hydrogens is 376 g/mol. The first-order valence-electron chi connectivity index (χ1n) is 10.1. The van der Waals surface area contributed by atoms with Gasteiger partial charge in [-0.05, 0) is 48.6 Å². The Morgan fingerprint density at radius 1 is 1.10 bits per heavy atom. The number of rotatable bonds is 10. The Morgan fingerprint density at radius 3 is 2.47 bits per heavy atom. The molecule has 1 heterocycles. The van der Waals surface area contributed by atoms with Gasteiger partial charge < -0.3 is 15.2 Å². The van der Waals surface area contributed by atoms with Crippen molar-refractivity contribution in [3.05, 3.63) is 82.8 Å². The van der Waals surface area contributed by atoms with Gasteiger partial charge in [-0.3, -0.25) is 4.98 Å². The van der Waals surface area contributed by atoms with Gasteiger partial charge >= 0.3 is 5.97 Å². The number of benzene rings is 1. The molecule has 0 radical (unpaired) electrons. The topological polar surface area (TPSA) is 74.4 Å². The van der Waals surface area contributed by atoms with E-state index in [1.807, 2.05) is 33.0 Å². The molecule has 0 saturated heterocycles. The molecule has 0 bridgehead atoms. The molecule has 160 valence electrons. The van der Waals surface area contributed by atoms with E-state index < -0.39 is 5.97 Å². The van der Waals surface area contributed by atoms with Gasteiger partial charge in [0.1, 0.15) is 0 Å². The molecule has 0 saturated carbocycles. The van der Waals surface area contributed by atoms with E-state index in [2.05, 4.69) is 41.4 Å². The largest absolute Gasteiger partial charge is 0.462 e. The van der Waals surface area contributed by atoms with E-state index in [0.717, 1.165) is 17.6 Å². The predicted molar refractivity (Wildman–Crippen MR) is 121 cm³/mol. The Hall–Kier alpha value is -2.92. The number of hydrogen-bond acceptors (Lipinski definition) is 5. The Balaban J connectivity index is 1.79. The molecule has 0 aliphatic rings. The van der Waals surface area contributed by atoms with Gasteiger partial charge in [0.25, 0.3) is 0 Å². The molecule has 2 aromatic rings. The van der Waals surface area contributed by atoms with E-state index in [1.165, 1.54) is 17.2 Å². The summed E-state index contributed by atoms with van der Waals surface area (Å²) in [5.74, 6) is -0.425. The van der Waals surface area contributed by atoms with Crippen LogP contribution in [0.1, 0.15) is 44.4 Å². The van der Waals surface area contributed by atoms with Crippen molar-refractivity contribution < 1.29 is 14.3 Å². The average Bonchev–Trinajstić information content (AvgIpc) is 2.68. The van der Waals surface area contributed by atoms with Crippen molar-refractivity contribution in [2.75, 3.05) is 19.8 Å². The minimum atomic E-state index is -0.425. The van der Waals surface area contributed by atoms with Crippen LogP contribution in [0.2, 0.25) is 0 Å². The lowest BCUT2D eigenvalue weighted by Crippen LogP contribution is -2.27. The Labute approximate surface area is 179 Å². The number of carbonyl (C=O) groups is 1. The van der Waals surface area contributed by atoms with Crippen molar-refractivity contribution in [2.45, 2.75) is 34.1 Å². The molecule has 30 heavy (non-hydrogen) atoms. The zero-order valence-corrected chi connectivity index (χ0v) is 18.4. The maximum atomic E-state index is 11.6. The van der Waals surface area contributed by atoms with Crippen molar-refractivity contribution in [3.63, 3.8) is 0 Å². The minimum Gasteiger partial charge on any atom is -0.462 e. The second-order valence-electron chi connectivity index (χ2n) is 8.42. The van der Waals surface area contributed by atoms with Crippen LogP contribution in [0.15, 0.2) is 66.1 Å². The van der Waals surface area contributed by atoms with E-state index in [4.69, 9.17) is 15.2 Å². The van der Waals surface area contributed by atoms with Crippen LogP contribution in [0, 0.1) is 5.41 Å². The van der Waals surface area contributed by atoms with Crippen LogP contribution in [0.25, 0.3) is 6.08 Å². The third-order valence-electron chi connectivity index (χ3n) is 4.30. The Kier molecular flexibility index (Phi) is 8.81. The molecule has 2 N–H and O–H groups in total. The van der Waals surface area contributed by atoms with Gasteiger partial charge in [-0.15, -0.1) is 0 Å². The third kappa shape index (κ3) is 9.05. The van der Waals surface area contributed by atoms with Crippen molar-refractivity contribution in [1.29, 1.82) is 0 Å². The van der Waals surface area contributed by atoms with E-state index in [-0.39, 0.29) is 12.0 Å². The highest BCUT2D eigenvalue weighted by Crippen LogP contribution is 2.17. The summed E-state index contributed by atoms with van der Waals surface area (Å²) < 4.78 is 11.1. The molecule has 0 spiro atoms. The number of nitrogens with two attached hydrogens (primary N) is 1. The van der Waals surface area contributed by atoms with Crippen LogP contribution in [-0.4, -0.2) is 30.8 Å². The second kappa shape index (κ2) is 11.3. The van der Waals surface area contributed by atoms with Crippen LogP contribution in [0.3, 0.4) is 0 Å². The van der Waals surface area contributed by atoms with Crippen LogP contribution in [0.5, 0.6) is 0 Å². The molecule has 0 amide bonds. The standard InChI is InChI=1S/C25H32N2O3/c1-19(16-29-17-25(3,4)18-30-24(28)13-20(2)26)12-21-7-9-22(10-8-21)14-23-6-5-11-27-15-23/h5-13,15H,14,16-18,26H2,1-4H3/b19-12?,20-13-. The molecule has 0 atom stereocenters. The number of aromatic nitrogens is 1. The molecule has 1 aromatic heterocycles. The van der Waals surface area contributed by atoms with E-state index >= 15 is 0 Å². The van der Waals surface area contributed by atoms with Crippen molar-refractivity contribution >= 4 is 12.0 Å². The molecule has 1 aromatic carbocycles. The second-order valence-corrected chi connectivity index (χ2v) is 8.42. The number of hydrogen-bond donors (Lipinski definition) is 1. The van der Waals surface area contributed by atoms with E-state index in [9.17, 15) is 4.79 Å². The van der Waals surface area contributed by atoms with Crippen LogP contribution in [0.4, 0.5) is 0 Å². The highest BCUT2D eigenvalue weighted by atomic mass is 16.5. The van der Waals surface area contributed by atoms with Gasteiger partial charge in [-0.1, -0.05) is 50.3 Å². The molecule has 5 nitrogen and oxygen atoms in total. The van der Waals surface area contributed by atoms with Gasteiger partial charge in [0, 0.05) is 29.6 Å². The smallest absolute Gasteiger partial charge is 0.332 e. The van der Waals surface area contributed by atoms with E-state index in [0.29, 0.717) is 18.9 Å². The number of ether oxygens (including phenoxy) is 2. The highest BCUT2D eigenvalue weighted by Gasteiger charge is 2.20. The maximum Gasteiger partial charge on any atom is 0.332 e. The normalized spacial score (nSPS) is 12.7. The zero-order chi connectivity index (χ0) is 22.0. The van der Waals surface area contributed by atoms with Gasteiger partial charge in [0.15, 0.2) is 0 Å². The fourth-order valence-electron chi connectivity index (χ4n) is 2.82. The van der Waals surface area contributed by atoms with Crippen molar-refractivity contribution in [1.82, 2.24) is 4.98 Å². The number of allylic oxidation sites excluding steroid dienone is 1. The summed E-state index contributed by atoms with van der Waals surface area (Å²) in [4.78, 5) is 15.7. The van der Waals surface area contributed by atoms with Crippen LogP contribution >= 0.6 is 0 Å². The molecule has 5 heteroatoms. The van der Waals surface area contributed by atoms with Gasteiger partial charge in [-0.25, -0.2) is 4.79 Å². The Bertz CT molecular complexity index is 865. The number of pyridine rings is 1. The van der Waals surface area contributed by atoms with Gasteiger partial charge in [0.05, 0.1) is 19.8 Å². The summed E-state index contributed by atoms with van der Waals surface area (Å²) in [6, 6.07) is 12.6. The monoisotopic (exact) mass is 408 g/mol. The molecule has 2 rings (SSSR count). The van der Waals surface area contributed by atoms with Gasteiger partial charge in [0.2, 0.25) is 0 Å². The average molecular weight is 409 g/mol. The lowest BCUT2D eigenvalue weighted by Gasteiger charge is -2.23. The molecule has 0 aliphatic carbocycles. The summed E-state index contributed by atoms with van der Waals surface area (Å²) in [6.45, 7) is 8.98. The first kappa shape index (κ1) is 23.4. The summed E-state index contributed by atoms with van der Waals surface area (Å²) in [6.07, 6.45) is 7.96. The van der Waals surface area contributed by atoms with Gasteiger partial charge in [-0.2, -0.15) is 0 Å². The molecule has 0 unspecified atom stereocenters. The molecule has 0 fully saturated rings. The first-order valence-corrected chi connectivity index (χ1v) is 10.1. The summed E-state index contributed by atoms with van der Waals surface area (Å²) in [7, 11) is 0. The van der Waals surface area contributed by atoms with Crippen LogP contribution in [-0.2, 0) is 20.7 Å². The number of nitrogens with zero attached hydrogens (tertiary/aromatic N) is 1. The molecule has 0 aliphatic heterocycles. The molecular formula is C25H32N2O3. The number of carbonyl (C=O) groups excluding carboxylic acids is 1. The SMILES string of the molecule is CC(=Cc1ccc(Cc2cccnc2)cc1)COCC(C)(C)COC(=O)/C=C(/C)N. The van der Waals surface area contributed by atoms with E-state index in [1.54, 1.807) is 13.1 Å². The Morgan fingerprint density at radius 2 is 1.83 bits per heavy atom. The summed E-state index contributed by atoms with van der Waals surface area (Å²) >= 11 is 0. The first-order chi connectivity index (χ1) is 14.2. The minimum absolute atomic E-state index is 0.275. The predicted octanol–water partition coefficient (Wildman–Crippen LogP) is 4.52. The summed E-state index contributed by atoms with van der Waals surface area (Å²) in [5, 5.41) is 0. The van der Waals surface area contributed by atoms with Crippen molar-refractivity contribution in [3.8, 4) is 0 Å². The lowest BCUT2D eigenvalue weighted by atomic mass is 9.96. The van der Waals surface area contributed by atoms with Crippen LogP contribution < -0.4 is 5.73 Å².